The van der Waals surface area contributed by atoms with Crippen LogP contribution in [0, 0.1) is 0 Å². The quantitative estimate of drug-likeness (QED) is 0.381. The van der Waals surface area contributed by atoms with Gasteiger partial charge in [-0.15, -0.1) is 23.5 Å². The second kappa shape index (κ2) is 10.2. The fourth-order valence-corrected chi connectivity index (χ4v) is 3.53. The summed E-state index contributed by atoms with van der Waals surface area (Å²) in [6.45, 7) is -0.326. The Labute approximate surface area is 167 Å². The zero-order valence-corrected chi connectivity index (χ0v) is 17.1. The second-order valence-corrected chi connectivity index (χ2v) is 7.70. The molecule has 2 aromatic rings. The summed E-state index contributed by atoms with van der Waals surface area (Å²) >= 11 is 2.86. The molecular weight excluding hydrogens is 382 g/mol. The molecule has 0 unspecified atom stereocenters. The van der Waals surface area contributed by atoms with E-state index in [4.69, 9.17) is 4.74 Å². The van der Waals surface area contributed by atoms with E-state index in [0.717, 1.165) is 4.90 Å². The van der Waals surface area contributed by atoms with Crippen LogP contribution in [0.4, 0.5) is 0 Å². The number of carbonyl (C=O) groups is 3. The Morgan fingerprint density at radius 1 is 1.00 bits per heavy atom. The van der Waals surface area contributed by atoms with Crippen LogP contribution in [0.2, 0.25) is 0 Å². The molecule has 0 bridgehead atoms. The predicted molar refractivity (Wildman–Crippen MR) is 109 cm³/mol. The molecule has 0 aliphatic carbocycles. The first-order valence-corrected chi connectivity index (χ1v) is 10.4. The lowest BCUT2D eigenvalue weighted by Gasteiger charge is -2.12. The molecule has 5 nitrogen and oxygen atoms in total. The molecule has 7 heteroatoms. The first-order valence-electron chi connectivity index (χ1n) is 8.18. The van der Waals surface area contributed by atoms with Gasteiger partial charge in [-0.05, 0) is 30.5 Å². The van der Waals surface area contributed by atoms with Crippen molar-refractivity contribution >= 4 is 41.2 Å². The van der Waals surface area contributed by atoms with Crippen molar-refractivity contribution in [2.24, 2.45) is 0 Å². The molecule has 0 atom stereocenters. The predicted octanol–water partition coefficient (Wildman–Crippen LogP) is 3.63. The Hall–Kier alpha value is -2.25. The first-order chi connectivity index (χ1) is 12.9. The van der Waals surface area contributed by atoms with Crippen molar-refractivity contribution in [3.05, 3.63) is 59.7 Å². The van der Waals surface area contributed by atoms with Crippen molar-refractivity contribution in [3.8, 4) is 0 Å². The van der Waals surface area contributed by atoms with Gasteiger partial charge in [-0.2, -0.15) is 0 Å². The molecule has 0 saturated heterocycles. The number of ether oxygens (including phenoxy) is 1. The van der Waals surface area contributed by atoms with Crippen molar-refractivity contribution in [2.45, 2.75) is 9.79 Å². The van der Waals surface area contributed by atoms with E-state index in [1.165, 1.54) is 16.7 Å². The largest absolute Gasteiger partial charge is 0.454 e. The highest BCUT2D eigenvalue weighted by atomic mass is 32.2. The summed E-state index contributed by atoms with van der Waals surface area (Å²) < 4.78 is 5.19. The average molecular weight is 404 g/mol. The van der Waals surface area contributed by atoms with Gasteiger partial charge in [-0.25, -0.2) is 4.79 Å². The first kappa shape index (κ1) is 21.1. The number of thioether (sulfide) groups is 2. The lowest BCUT2D eigenvalue weighted by molar-refractivity contribution is -0.125. The molecule has 0 aromatic heterocycles. The zero-order chi connectivity index (χ0) is 19.8. The summed E-state index contributed by atoms with van der Waals surface area (Å²) in [5.41, 5.74) is 0.847. The second-order valence-electron chi connectivity index (χ2n) is 5.80. The van der Waals surface area contributed by atoms with E-state index in [0.29, 0.717) is 16.0 Å². The van der Waals surface area contributed by atoms with Crippen molar-refractivity contribution in [1.29, 1.82) is 0 Å². The number of Topliss-reactive ketones (excluding diaryl/α,β-unsaturated/α-hetero) is 1. The van der Waals surface area contributed by atoms with Crippen molar-refractivity contribution < 1.29 is 19.1 Å². The Morgan fingerprint density at radius 2 is 1.67 bits per heavy atom. The van der Waals surface area contributed by atoms with E-state index < -0.39 is 5.97 Å². The standard InChI is InChI=1S/C20H21NO4S2/c1-21(2)19(23)13-27-18-7-5-4-6-16(18)20(24)25-12-17(22)14-8-10-15(26-3)11-9-14/h4-11H,12-13H2,1-3H3. The molecule has 0 aliphatic rings. The van der Waals surface area contributed by atoms with Crippen LogP contribution in [0.5, 0.6) is 0 Å². The molecule has 2 aromatic carbocycles. The number of ketones is 1. The van der Waals surface area contributed by atoms with Gasteiger partial charge in [0, 0.05) is 29.4 Å². The summed E-state index contributed by atoms with van der Waals surface area (Å²) in [6.07, 6.45) is 1.96. The minimum absolute atomic E-state index is 0.0490. The maximum absolute atomic E-state index is 12.4. The lowest BCUT2D eigenvalue weighted by atomic mass is 10.1. The Bertz CT molecular complexity index is 819. The van der Waals surface area contributed by atoms with E-state index in [9.17, 15) is 14.4 Å². The van der Waals surface area contributed by atoms with Gasteiger partial charge in [0.1, 0.15) is 0 Å². The van der Waals surface area contributed by atoms with Gasteiger partial charge in [0.15, 0.2) is 12.4 Å². The molecule has 0 heterocycles. The number of esters is 1. The number of hydrogen-bond donors (Lipinski definition) is 0. The molecule has 0 fully saturated rings. The number of rotatable bonds is 8. The van der Waals surface area contributed by atoms with Crippen LogP contribution in [0.15, 0.2) is 58.3 Å². The van der Waals surface area contributed by atoms with E-state index in [1.54, 1.807) is 62.3 Å². The van der Waals surface area contributed by atoms with Gasteiger partial charge in [0.25, 0.3) is 0 Å². The summed E-state index contributed by atoms with van der Waals surface area (Å²) in [4.78, 5) is 39.6. The topological polar surface area (TPSA) is 63.7 Å². The summed E-state index contributed by atoms with van der Waals surface area (Å²) in [5, 5.41) is 0. The smallest absolute Gasteiger partial charge is 0.339 e. The minimum atomic E-state index is -0.579. The average Bonchev–Trinajstić information content (AvgIpc) is 2.70. The Kier molecular flexibility index (Phi) is 7.94. The monoisotopic (exact) mass is 403 g/mol. The highest BCUT2D eigenvalue weighted by molar-refractivity contribution is 8.00. The number of benzene rings is 2. The number of hydrogen-bond acceptors (Lipinski definition) is 6. The van der Waals surface area contributed by atoms with E-state index >= 15 is 0 Å². The van der Waals surface area contributed by atoms with Crippen molar-refractivity contribution in [2.75, 3.05) is 32.7 Å². The third kappa shape index (κ3) is 6.15. The lowest BCUT2D eigenvalue weighted by Crippen LogP contribution is -2.23. The molecule has 1 amide bonds. The van der Waals surface area contributed by atoms with Gasteiger partial charge in [-0.3, -0.25) is 9.59 Å². The Balaban J connectivity index is 1.99. The molecule has 27 heavy (non-hydrogen) atoms. The minimum Gasteiger partial charge on any atom is -0.454 e. The number of nitrogens with zero attached hydrogens (tertiary/aromatic N) is 1. The Morgan fingerprint density at radius 3 is 2.30 bits per heavy atom. The molecule has 0 saturated carbocycles. The molecule has 0 N–H and O–H groups in total. The molecule has 0 spiro atoms. The van der Waals surface area contributed by atoms with Crippen LogP contribution in [0.3, 0.4) is 0 Å². The van der Waals surface area contributed by atoms with Crippen LogP contribution in [0.1, 0.15) is 20.7 Å². The SMILES string of the molecule is CSc1ccc(C(=O)COC(=O)c2ccccc2SCC(=O)N(C)C)cc1. The van der Waals surface area contributed by atoms with E-state index in [-0.39, 0.29) is 24.1 Å². The molecule has 142 valence electrons. The fraction of sp³-hybridized carbons (Fsp3) is 0.250. The van der Waals surface area contributed by atoms with Gasteiger partial charge < -0.3 is 9.64 Å². The van der Waals surface area contributed by atoms with Gasteiger partial charge in [0.2, 0.25) is 5.91 Å². The highest BCUT2D eigenvalue weighted by Gasteiger charge is 2.16. The summed E-state index contributed by atoms with van der Waals surface area (Å²) in [5.74, 6) is -0.668. The maximum Gasteiger partial charge on any atom is 0.339 e. The zero-order valence-electron chi connectivity index (χ0n) is 15.4. The summed E-state index contributed by atoms with van der Waals surface area (Å²) in [7, 11) is 3.36. The molecule has 0 radical (unpaired) electrons. The molecule has 2 rings (SSSR count). The van der Waals surface area contributed by atoms with Crippen LogP contribution < -0.4 is 0 Å². The normalized spacial score (nSPS) is 10.3. The highest BCUT2D eigenvalue weighted by Crippen LogP contribution is 2.23. The van der Waals surface area contributed by atoms with Crippen LogP contribution in [-0.2, 0) is 9.53 Å². The van der Waals surface area contributed by atoms with Gasteiger partial charge in [0.05, 0.1) is 11.3 Å². The van der Waals surface area contributed by atoms with E-state index in [2.05, 4.69) is 0 Å². The number of carbonyl (C=O) groups excluding carboxylic acids is 3. The van der Waals surface area contributed by atoms with Crippen molar-refractivity contribution in [3.63, 3.8) is 0 Å². The van der Waals surface area contributed by atoms with Crippen molar-refractivity contribution in [1.82, 2.24) is 4.90 Å². The summed E-state index contributed by atoms with van der Waals surface area (Å²) in [6, 6.07) is 14.0. The van der Waals surface area contributed by atoms with Gasteiger partial charge in [-0.1, -0.05) is 24.3 Å². The fourth-order valence-electron chi connectivity index (χ4n) is 2.10. The van der Waals surface area contributed by atoms with E-state index in [1.807, 2.05) is 18.4 Å². The molecular formula is C20H21NO4S2. The third-order valence-corrected chi connectivity index (χ3v) is 5.51. The number of amides is 1. The maximum atomic E-state index is 12.4. The van der Waals surface area contributed by atoms with Crippen LogP contribution >= 0.6 is 23.5 Å². The third-order valence-electron chi connectivity index (χ3n) is 3.70. The van der Waals surface area contributed by atoms with Crippen LogP contribution in [0.25, 0.3) is 0 Å². The molecule has 0 aliphatic heterocycles. The van der Waals surface area contributed by atoms with Gasteiger partial charge >= 0.3 is 5.97 Å². The van der Waals surface area contributed by atoms with Crippen LogP contribution in [-0.4, -0.2) is 55.3 Å².